The van der Waals surface area contributed by atoms with Gasteiger partial charge >= 0.3 is 12.1 Å². The molecule has 1 rings (SSSR count). The number of esters is 1. The van der Waals surface area contributed by atoms with Crippen LogP contribution in [0.15, 0.2) is 42.5 Å². The van der Waals surface area contributed by atoms with Gasteiger partial charge in [-0.3, -0.25) is 4.79 Å². The molecule has 0 aliphatic heterocycles. The van der Waals surface area contributed by atoms with Crippen molar-refractivity contribution in [3.63, 3.8) is 0 Å². The summed E-state index contributed by atoms with van der Waals surface area (Å²) >= 11 is 0. The van der Waals surface area contributed by atoms with Gasteiger partial charge in [0, 0.05) is 12.8 Å². The predicted octanol–water partition coefficient (Wildman–Crippen LogP) is 6.40. The number of hydrogen-bond acceptors (Lipinski definition) is 5. The average Bonchev–Trinajstić information content (AvgIpc) is 2.74. The van der Waals surface area contributed by atoms with Gasteiger partial charge < -0.3 is 14.2 Å². The number of carbonyl (C=O) groups is 2. The van der Waals surface area contributed by atoms with E-state index in [2.05, 4.69) is 19.9 Å². The molecule has 0 fully saturated rings. The first kappa shape index (κ1) is 25.7. The van der Waals surface area contributed by atoms with Crippen molar-refractivity contribution >= 4 is 12.1 Å². The van der Waals surface area contributed by atoms with Crippen molar-refractivity contribution < 1.29 is 23.8 Å². The molecule has 0 saturated heterocycles. The molecule has 1 aromatic rings. The third-order valence-corrected chi connectivity index (χ3v) is 4.68. The van der Waals surface area contributed by atoms with E-state index < -0.39 is 6.16 Å². The van der Waals surface area contributed by atoms with Crippen molar-refractivity contribution in [1.82, 2.24) is 0 Å². The molecule has 0 heterocycles. The van der Waals surface area contributed by atoms with Crippen LogP contribution in [-0.2, 0) is 25.4 Å². The number of hydrogen-bond donors (Lipinski definition) is 0. The van der Waals surface area contributed by atoms with Crippen LogP contribution in [0.4, 0.5) is 4.79 Å². The molecular formula is C25H38O5. The Morgan fingerprint density at radius 2 is 1.73 bits per heavy atom. The van der Waals surface area contributed by atoms with E-state index in [4.69, 9.17) is 14.2 Å². The number of allylic oxidation sites excluding steroid dienone is 1. The number of carbonyl (C=O) groups excluding carboxylic acids is 2. The van der Waals surface area contributed by atoms with Gasteiger partial charge in [-0.1, -0.05) is 69.2 Å². The Bertz CT molecular complexity index is 597. The van der Waals surface area contributed by atoms with E-state index in [1.807, 2.05) is 36.4 Å². The van der Waals surface area contributed by atoms with E-state index in [1.165, 1.54) is 0 Å². The van der Waals surface area contributed by atoms with Crippen LogP contribution < -0.4 is 0 Å². The van der Waals surface area contributed by atoms with E-state index in [9.17, 15) is 9.59 Å². The highest BCUT2D eigenvalue weighted by molar-refractivity contribution is 5.69. The quantitative estimate of drug-likeness (QED) is 0.176. The highest BCUT2D eigenvalue weighted by atomic mass is 16.7. The Labute approximate surface area is 181 Å². The number of unbranched alkanes of at least 4 members (excludes halogenated alkanes) is 2. The van der Waals surface area contributed by atoms with Gasteiger partial charge in [0.15, 0.2) is 0 Å². The predicted molar refractivity (Wildman–Crippen MR) is 119 cm³/mol. The monoisotopic (exact) mass is 418 g/mol. The van der Waals surface area contributed by atoms with Gasteiger partial charge in [-0.25, -0.2) is 4.79 Å². The summed E-state index contributed by atoms with van der Waals surface area (Å²) in [6.07, 6.45) is 11.5. The Kier molecular flexibility index (Phi) is 15.1. The van der Waals surface area contributed by atoms with E-state index in [-0.39, 0.29) is 12.1 Å². The summed E-state index contributed by atoms with van der Waals surface area (Å²) in [6, 6.07) is 9.91. The lowest BCUT2D eigenvalue weighted by Gasteiger charge is -2.17. The van der Waals surface area contributed by atoms with E-state index in [1.54, 1.807) is 0 Å². The Hall–Kier alpha value is -2.30. The van der Waals surface area contributed by atoms with E-state index in [0.717, 1.165) is 56.9 Å². The zero-order valence-electron chi connectivity index (χ0n) is 18.6. The van der Waals surface area contributed by atoms with Gasteiger partial charge in [-0.05, 0) is 44.1 Å². The largest absolute Gasteiger partial charge is 0.508 e. The maximum atomic E-state index is 12.0. The van der Waals surface area contributed by atoms with Crippen LogP contribution in [0.2, 0.25) is 0 Å². The van der Waals surface area contributed by atoms with E-state index >= 15 is 0 Å². The lowest BCUT2D eigenvalue weighted by atomic mass is 10.1. The Morgan fingerprint density at radius 3 is 2.47 bits per heavy atom. The molecule has 5 nitrogen and oxygen atoms in total. The summed E-state index contributed by atoms with van der Waals surface area (Å²) in [4.78, 5) is 23.6. The molecule has 0 aliphatic carbocycles. The topological polar surface area (TPSA) is 61.8 Å². The summed E-state index contributed by atoms with van der Waals surface area (Å²) in [5.74, 6) is -0.136. The van der Waals surface area contributed by atoms with Gasteiger partial charge in [-0.2, -0.15) is 0 Å². The molecule has 0 spiro atoms. The maximum Gasteiger partial charge on any atom is 0.508 e. The molecular weight excluding hydrogens is 380 g/mol. The minimum atomic E-state index is -0.593. The summed E-state index contributed by atoms with van der Waals surface area (Å²) in [5.41, 5.74) is 1.13. The molecule has 0 aromatic heterocycles. The molecule has 5 heteroatoms. The number of benzene rings is 1. The van der Waals surface area contributed by atoms with Crippen molar-refractivity contribution in [3.8, 4) is 0 Å². The van der Waals surface area contributed by atoms with Gasteiger partial charge in [0.2, 0.25) is 0 Å². The summed E-state index contributed by atoms with van der Waals surface area (Å²) in [6.45, 7) is 4.92. The van der Waals surface area contributed by atoms with Crippen LogP contribution >= 0.6 is 0 Å². The molecule has 1 atom stereocenters. The minimum Gasteiger partial charge on any atom is -0.465 e. The van der Waals surface area contributed by atoms with Gasteiger partial charge in [0.05, 0.1) is 13.2 Å². The molecule has 1 unspecified atom stereocenters. The SMILES string of the molecule is CC/C=C\CCOC(=O)CCCCCC(CCC)OC(=O)OCCc1ccccc1. The normalized spacial score (nSPS) is 11.9. The molecule has 1 aromatic carbocycles. The zero-order valence-corrected chi connectivity index (χ0v) is 18.6. The van der Waals surface area contributed by atoms with Gasteiger partial charge in [0.1, 0.15) is 6.10 Å². The standard InChI is InChI=1S/C25H38O5/c1-3-5-6-13-20-28-24(26)18-12-8-11-17-23(14-4-2)30-25(27)29-21-19-22-15-9-7-10-16-22/h5-7,9-10,15-16,23H,3-4,8,11-14,17-21H2,1-2H3/b6-5-. The summed E-state index contributed by atoms with van der Waals surface area (Å²) in [5, 5.41) is 0. The van der Waals surface area contributed by atoms with E-state index in [0.29, 0.717) is 26.1 Å². The molecule has 0 N–H and O–H groups in total. The first-order chi connectivity index (χ1) is 14.7. The fourth-order valence-electron chi connectivity index (χ4n) is 3.07. The van der Waals surface area contributed by atoms with Gasteiger partial charge in [0.25, 0.3) is 0 Å². The molecule has 0 radical (unpaired) electrons. The molecule has 0 aliphatic rings. The van der Waals surface area contributed by atoms with Crippen molar-refractivity contribution in [2.24, 2.45) is 0 Å². The van der Waals surface area contributed by atoms with Crippen molar-refractivity contribution in [2.45, 2.75) is 84.2 Å². The third kappa shape index (κ3) is 13.8. The summed E-state index contributed by atoms with van der Waals surface area (Å²) in [7, 11) is 0. The lowest BCUT2D eigenvalue weighted by molar-refractivity contribution is -0.143. The van der Waals surface area contributed by atoms with Crippen molar-refractivity contribution in [1.29, 1.82) is 0 Å². The Balaban J connectivity index is 2.12. The molecule has 30 heavy (non-hydrogen) atoms. The molecule has 168 valence electrons. The minimum absolute atomic E-state index is 0.128. The second-order valence-corrected chi connectivity index (χ2v) is 7.35. The first-order valence-electron chi connectivity index (χ1n) is 11.3. The highest BCUT2D eigenvalue weighted by Crippen LogP contribution is 2.14. The second-order valence-electron chi connectivity index (χ2n) is 7.35. The van der Waals surface area contributed by atoms with Crippen molar-refractivity contribution in [2.75, 3.05) is 13.2 Å². The third-order valence-electron chi connectivity index (χ3n) is 4.68. The van der Waals surface area contributed by atoms with Crippen LogP contribution in [0.5, 0.6) is 0 Å². The van der Waals surface area contributed by atoms with Crippen LogP contribution in [-0.4, -0.2) is 31.4 Å². The fraction of sp³-hybridized carbons (Fsp3) is 0.600. The Morgan fingerprint density at radius 1 is 0.933 bits per heavy atom. The van der Waals surface area contributed by atoms with Crippen LogP contribution in [0.25, 0.3) is 0 Å². The van der Waals surface area contributed by atoms with Crippen molar-refractivity contribution in [3.05, 3.63) is 48.0 Å². The zero-order chi connectivity index (χ0) is 21.9. The average molecular weight is 419 g/mol. The molecule has 0 saturated carbocycles. The second kappa shape index (κ2) is 17.5. The van der Waals surface area contributed by atoms with Crippen LogP contribution in [0, 0.1) is 0 Å². The molecule has 0 bridgehead atoms. The molecule has 0 amide bonds. The van der Waals surface area contributed by atoms with Crippen LogP contribution in [0.1, 0.15) is 77.2 Å². The maximum absolute atomic E-state index is 12.0. The smallest absolute Gasteiger partial charge is 0.465 e. The highest BCUT2D eigenvalue weighted by Gasteiger charge is 2.15. The fourth-order valence-corrected chi connectivity index (χ4v) is 3.07. The summed E-state index contributed by atoms with van der Waals surface area (Å²) < 4.78 is 15.9. The van der Waals surface area contributed by atoms with Gasteiger partial charge in [-0.15, -0.1) is 0 Å². The lowest BCUT2D eigenvalue weighted by Crippen LogP contribution is -2.20. The van der Waals surface area contributed by atoms with Crippen LogP contribution in [0.3, 0.4) is 0 Å². The number of rotatable bonds is 16. The first-order valence-corrected chi connectivity index (χ1v) is 11.3. The number of ether oxygens (including phenoxy) is 3.